The Labute approximate surface area is 152 Å². The van der Waals surface area contributed by atoms with Crippen molar-refractivity contribution in [3.05, 3.63) is 48.5 Å². The molecule has 0 saturated carbocycles. The van der Waals surface area contributed by atoms with E-state index < -0.39 is 0 Å². The zero-order chi connectivity index (χ0) is 17.3. The third-order valence-corrected chi connectivity index (χ3v) is 4.65. The fourth-order valence-corrected chi connectivity index (χ4v) is 3.20. The summed E-state index contributed by atoms with van der Waals surface area (Å²) in [5.74, 6) is 3.28. The van der Waals surface area contributed by atoms with Gasteiger partial charge in [-0.2, -0.15) is 0 Å². The molecule has 3 rings (SSSR count). The molecule has 0 atom stereocenters. The van der Waals surface area contributed by atoms with Crippen LogP contribution in [0.3, 0.4) is 0 Å². The SMILES string of the molecule is CN=C(NCCSc1ccccc1)Nc1ccc2c(c1)OCCCO2. The number of fused-ring (bicyclic) bond motifs is 1. The fourth-order valence-electron chi connectivity index (χ4n) is 2.41. The van der Waals surface area contributed by atoms with Crippen LogP contribution in [0.1, 0.15) is 6.42 Å². The minimum Gasteiger partial charge on any atom is -0.490 e. The van der Waals surface area contributed by atoms with Gasteiger partial charge in [-0.3, -0.25) is 4.99 Å². The van der Waals surface area contributed by atoms with Gasteiger partial charge in [0.05, 0.1) is 13.2 Å². The van der Waals surface area contributed by atoms with E-state index in [1.165, 1.54) is 4.90 Å². The summed E-state index contributed by atoms with van der Waals surface area (Å²) in [5, 5.41) is 6.62. The van der Waals surface area contributed by atoms with Crippen LogP contribution in [0.15, 0.2) is 58.4 Å². The molecule has 0 amide bonds. The first-order valence-corrected chi connectivity index (χ1v) is 9.39. The van der Waals surface area contributed by atoms with E-state index in [2.05, 4.69) is 39.9 Å². The van der Waals surface area contributed by atoms with Crippen molar-refractivity contribution in [1.82, 2.24) is 5.32 Å². The molecule has 1 aliphatic heterocycles. The zero-order valence-electron chi connectivity index (χ0n) is 14.3. The second kappa shape index (κ2) is 9.22. The molecule has 25 heavy (non-hydrogen) atoms. The average Bonchev–Trinajstić information content (AvgIpc) is 2.90. The number of rotatable bonds is 5. The van der Waals surface area contributed by atoms with E-state index in [1.807, 2.05) is 36.0 Å². The Morgan fingerprint density at radius 3 is 2.68 bits per heavy atom. The summed E-state index contributed by atoms with van der Waals surface area (Å²) in [7, 11) is 1.77. The molecule has 0 unspecified atom stereocenters. The van der Waals surface area contributed by atoms with Gasteiger partial charge in [0.15, 0.2) is 17.5 Å². The largest absolute Gasteiger partial charge is 0.490 e. The first kappa shape index (κ1) is 17.5. The Bertz CT molecular complexity index is 707. The molecule has 1 aliphatic rings. The summed E-state index contributed by atoms with van der Waals surface area (Å²) >= 11 is 1.82. The molecule has 2 N–H and O–H groups in total. The molecule has 2 aromatic rings. The molecule has 1 heterocycles. The van der Waals surface area contributed by atoms with Gasteiger partial charge in [0.25, 0.3) is 0 Å². The predicted octanol–water partition coefficient (Wildman–Crippen LogP) is 3.63. The van der Waals surface area contributed by atoms with E-state index in [0.29, 0.717) is 13.2 Å². The number of guanidine groups is 1. The summed E-state index contributed by atoms with van der Waals surface area (Å²) < 4.78 is 11.4. The lowest BCUT2D eigenvalue weighted by Gasteiger charge is -2.14. The van der Waals surface area contributed by atoms with Crippen LogP contribution in [0.4, 0.5) is 5.69 Å². The minimum atomic E-state index is 0.681. The summed E-state index contributed by atoms with van der Waals surface area (Å²) in [4.78, 5) is 5.54. The fraction of sp³-hybridized carbons (Fsp3) is 0.316. The van der Waals surface area contributed by atoms with Gasteiger partial charge in [-0.05, 0) is 24.3 Å². The lowest BCUT2D eigenvalue weighted by molar-refractivity contribution is 0.297. The van der Waals surface area contributed by atoms with Crippen molar-refractivity contribution in [2.45, 2.75) is 11.3 Å². The van der Waals surface area contributed by atoms with Crippen LogP contribution in [0.5, 0.6) is 11.5 Å². The zero-order valence-corrected chi connectivity index (χ0v) is 15.1. The molecule has 0 aromatic heterocycles. The maximum Gasteiger partial charge on any atom is 0.195 e. The van der Waals surface area contributed by atoms with Gasteiger partial charge in [0, 0.05) is 42.4 Å². The standard InChI is InChI=1S/C19H23N3O2S/c1-20-19(21-10-13-25-16-6-3-2-4-7-16)22-15-8-9-17-18(14-15)24-12-5-11-23-17/h2-4,6-9,14H,5,10-13H2,1H3,(H2,20,21,22). The van der Waals surface area contributed by atoms with Crippen LogP contribution in [-0.4, -0.2) is 38.5 Å². The number of hydrogen-bond acceptors (Lipinski definition) is 4. The van der Waals surface area contributed by atoms with Gasteiger partial charge in [-0.15, -0.1) is 11.8 Å². The lowest BCUT2D eigenvalue weighted by atomic mass is 10.3. The van der Waals surface area contributed by atoms with Gasteiger partial charge in [-0.1, -0.05) is 18.2 Å². The lowest BCUT2D eigenvalue weighted by Crippen LogP contribution is -2.32. The van der Waals surface area contributed by atoms with Crippen LogP contribution in [0.25, 0.3) is 0 Å². The maximum atomic E-state index is 5.72. The number of anilines is 1. The van der Waals surface area contributed by atoms with Gasteiger partial charge < -0.3 is 20.1 Å². The van der Waals surface area contributed by atoms with Crippen molar-refractivity contribution >= 4 is 23.4 Å². The van der Waals surface area contributed by atoms with Crippen molar-refractivity contribution in [2.24, 2.45) is 4.99 Å². The van der Waals surface area contributed by atoms with Crippen molar-refractivity contribution in [3.8, 4) is 11.5 Å². The molecular formula is C19H23N3O2S. The Kier molecular flexibility index (Phi) is 6.45. The van der Waals surface area contributed by atoms with Crippen LogP contribution in [-0.2, 0) is 0 Å². The second-order valence-corrected chi connectivity index (χ2v) is 6.67. The van der Waals surface area contributed by atoms with Gasteiger partial charge in [0.1, 0.15) is 0 Å². The molecule has 0 radical (unpaired) electrons. The molecule has 0 aliphatic carbocycles. The average molecular weight is 357 g/mol. The highest BCUT2D eigenvalue weighted by Crippen LogP contribution is 2.32. The molecule has 0 bridgehead atoms. The molecule has 132 valence electrons. The van der Waals surface area contributed by atoms with Gasteiger partial charge in [0.2, 0.25) is 0 Å². The van der Waals surface area contributed by atoms with E-state index in [4.69, 9.17) is 9.47 Å². The van der Waals surface area contributed by atoms with Gasteiger partial charge in [-0.25, -0.2) is 0 Å². The Hall–Kier alpha value is -2.34. The first-order valence-electron chi connectivity index (χ1n) is 8.40. The third kappa shape index (κ3) is 5.32. The van der Waals surface area contributed by atoms with Crippen molar-refractivity contribution in [2.75, 3.05) is 37.9 Å². The number of thioether (sulfide) groups is 1. The second-order valence-electron chi connectivity index (χ2n) is 5.50. The molecule has 0 spiro atoms. The number of aliphatic imine (C=N–C) groups is 1. The topological polar surface area (TPSA) is 54.9 Å². The van der Waals surface area contributed by atoms with Crippen LogP contribution in [0.2, 0.25) is 0 Å². The van der Waals surface area contributed by atoms with Gasteiger partial charge >= 0.3 is 0 Å². The van der Waals surface area contributed by atoms with Crippen molar-refractivity contribution < 1.29 is 9.47 Å². The van der Waals surface area contributed by atoms with E-state index in [9.17, 15) is 0 Å². The maximum absolute atomic E-state index is 5.72. The highest BCUT2D eigenvalue weighted by Gasteiger charge is 2.11. The van der Waals surface area contributed by atoms with Crippen LogP contribution < -0.4 is 20.1 Å². The predicted molar refractivity (Wildman–Crippen MR) is 104 cm³/mol. The van der Waals surface area contributed by atoms with Crippen LogP contribution in [0, 0.1) is 0 Å². The molecule has 5 nitrogen and oxygen atoms in total. The normalized spacial score (nSPS) is 13.9. The number of hydrogen-bond donors (Lipinski definition) is 2. The summed E-state index contributed by atoms with van der Waals surface area (Å²) in [5.41, 5.74) is 0.924. The Morgan fingerprint density at radius 1 is 1.08 bits per heavy atom. The monoisotopic (exact) mass is 357 g/mol. The van der Waals surface area contributed by atoms with Crippen molar-refractivity contribution in [1.29, 1.82) is 0 Å². The molecular weight excluding hydrogens is 334 g/mol. The third-order valence-electron chi connectivity index (χ3n) is 3.64. The number of nitrogens with one attached hydrogen (secondary N) is 2. The van der Waals surface area contributed by atoms with Crippen molar-refractivity contribution in [3.63, 3.8) is 0 Å². The van der Waals surface area contributed by atoms with E-state index in [0.717, 1.165) is 41.9 Å². The molecule has 6 heteroatoms. The smallest absolute Gasteiger partial charge is 0.195 e. The summed E-state index contributed by atoms with van der Waals surface area (Å²) in [6.07, 6.45) is 0.903. The number of ether oxygens (including phenoxy) is 2. The van der Waals surface area contributed by atoms with E-state index >= 15 is 0 Å². The highest BCUT2D eigenvalue weighted by molar-refractivity contribution is 7.99. The molecule has 2 aromatic carbocycles. The minimum absolute atomic E-state index is 0.681. The first-order chi connectivity index (χ1) is 12.3. The quantitative estimate of drug-likeness (QED) is 0.370. The van der Waals surface area contributed by atoms with Crippen LogP contribution >= 0.6 is 11.8 Å². The number of nitrogens with zero attached hydrogens (tertiary/aromatic N) is 1. The number of benzene rings is 2. The Balaban J connectivity index is 1.49. The summed E-state index contributed by atoms with van der Waals surface area (Å²) in [6, 6.07) is 16.2. The molecule has 0 fully saturated rings. The summed E-state index contributed by atoms with van der Waals surface area (Å²) in [6.45, 7) is 2.20. The van der Waals surface area contributed by atoms with E-state index in [-0.39, 0.29) is 0 Å². The highest BCUT2D eigenvalue weighted by atomic mass is 32.2. The molecule has 0 saturated heterocycles. The van der Waals surface area contributed by atoms with E-state index in [1.54, 1.807) is 7.05 Å². The Morgan fingerprint density at radius 2 is 1.88 bits per heavy atom.